The molecule has 0 amide bonds. The number of rotatable bonds is 8. The average molecular weight is 280 g/mol. The summed E-state index contributed by atoms with van der Waals surface area (Å²) < 4.78 is 0. The third-order valence-corrected chi connectivity index (χ3v) is 4.09. The Morgan fingerprint density at radius 2 is 0.857 bits per heavy atom. The normalized spacial score (nSPS) is 10.8. The highest BCUT2D eigenvalue weighted by atomic mass is 14.0. The van der Waals surface area contributed by atoms with E-state index in [9.17, 15) is 0 Å². The Balaban J connectivity index is 1.91. The van der Waals surface area contributed by atoms with Crippen molar-refractivity contribution in [2.75, 3.05) is 0 Å². The molecule has 0 aliphatic heterocycles. The zero-order valence-corrected chi connectivity index (χ0v) is 13.6. The molecule has 0 heterocycles. The van der Waals surface area contributed by atoms with E-state index in [0.29, 0.717) is 0 Å². The first-order valence-electron chi connectivity index (χ1n) is 8.47. The van der Waals surface area contributed by atoms with Gasteiger partial charge in [0.2, 0.25) is 0 Å². The van der Waals surface area contributed by atoms with Crippen molar-refractivity contribution in [1.82, 2.24) is 0 Å². The molecule has 0 unspecified atom stereocenters. The van der Waals surface area contributed by atoms with Crippen molar-refractivity contribution in [3.8, 4) is 0 Å². The summed E-state index contributed by atoms with van der Waals surface area (Å²) in [5, 5.41) is 0. The van der Waals surface area contributed by atoms with Gasteiger partial charge >= 0.3 is 0 Å². The van der Waals surface area contributed by atoms with Gasteiger partial charge in [0.1, 0.15) is 0 Å². The summed E-state index contributed by atoms with van der Waals surface area (Å²) in [4.78, 5) is 0. The van der Waals surface area contributed by atoms with Crippen molar-refractivity contribution >= 4 is 0 Å². The van der Waals surface area contributed by atoms with Crippen molar-refractivity contribution in [3.05, 3.63) is 70.8 Å². The van der Waals surface area contributed by atoms with Gasteiger partial charge in [0.25, 0.3) is 0 Å². The standard InChI is InChI=1S/C21H28/c1-3-5-7-18-9-13-20(14-10-18)17-21-15-11-19(12-16-21)8-6-4-2/h9-16H,3-8,17H2,1-2H3. The number of hydrogen-bond donors (Lipinski definition) is 0. The molecule has 0 radical (unpaired) electrons. The Bertz CT molecular complexity index is 455. The highest BCUT2D eigenvalue weighted by Gasteiger charge is 1.99. The quantitative estimate of drug-likeness (QED) is 0.559. The van der Waals surface area contributed by atoms with Gasteiger partial charge in [-0.2, -0.15) is 0 Å². The van der Waals surface area contributed by atoms with E-state index in [2.05, 4.69) is 62.4 Å². The predicted octanol–water partition coefficient (Wildman–Crippen LogP) is 5.96. The molecule has 0 saturated carbocycles. The Kier molecular flexibility index (Phi) is 6.53. The topological polar surface area (TPSA) is 0 Å². The molecule has 0 nitrogen and oxygen atoms in total. The minimum absolute atomic E-state index is 1.04. The van der Waals surface area contributed by atoms with Gasteiger partial charge in [0.05, 0.1) is 0 Å². The molecule has 0 bridgehead atoms. The summed E-state index contributed by atoms with van der Waals surface area (Å²) in [7, 11) is 0. The van der Waals surface area contributed by atoms with Gasteiger partial charge in [-0.05, 0) is 54.4 Å². The fraction of sp³-hybridized carbons (Fsp3) is 0.429. The lowest BCUT2D eigenvalue weighted by atomic mass is 10.00. The number of benzene rings is 2. The largest absolute Gasteiger partial charge is 0.0654 e. The Labute approximate surface area is 130 Å². The van der Waals surface area contributed by atoms with Gasteiger partial charge in [-0.15, -0.1) is 0 Å². The van der Waals surface area contributed by atoms with Crippen molar-refractivity contribution in [2.45, 2.75) is 58.8 Å². The van der Waals surface area contributed by atoms with Crippen molar-refractivity contribution < 1.29 is 0 Å². The second kappa shape index (κ2) is 8.67. The highest BCUT2D eigenvalue weighted by Crippen LogP contribution is 2.14. The van der Waals surface area contributed by atoms with E-state index in [1.807, 2.05) is 0 Å². The Morgan fingerprint density at radius 3 is 1.19 bits per heavy atom. The van der Waals surface area contributed by atoms with Crippen LogP contribution < -0.4 is 0 Å². The highest BCUT2D eigenvalue weighted by molar-refractivity contribution is 5.30. The van der Waals surface area contributed by atoms with Gasteiger partial charge in [0.15, 0.2) is 0 Å². The van der Waals surface area contributed by atoms with Crippen molar-refractivity contribution in [3.63, 3.8) is 0 Å². The van der Waals surface area contributed by atoms with E-state index < -0.39 is 0 Å². The van der Waals surface area contributed by atoms with Crippen LogP contribution >= 0.6 is 0 Å². The van der Waals surface area contributed by atoms with Crippen LogP contribution in [0.2, 0.25) is 0 Å². The number of aryl methyl sites for hydroxylation is 2. The molecule has 0 atom stereocenters. The molecular formula is C21H28. The molecule has 0 aliphatic carbocycles. The van der Waals surface area contributed by atoms with Crippen LogP contribution in [0.25, 0.3) is 0 Å². The summed E-state index contributed by atoms with van der Waals surface area (Å²) >= 11 is 0. The van der Waals surface area contributed by atoms with Crippen LogP contribution in [0.15, 0.2) is 48.5 Å². The maximum absolute atomic E-state index is 2.29. The lowest BCUT2D eigenvalue weighted by molar-refractivity contribution is 0.794. The van der Waals surface area contributed by atoms with E-state index in [1.54, 1.807) is 0 Å². The fourth-order valence-electron chi connectivity index (χ4n) is 2.65. The van der Waals surface area contributed by atoms with E-state index >= 15 is 0 Å². The minimum Gasteiger partial charge on any atom is -0.0654 e. The molecule has 0 aliphatic rings. The first-order chi connectivity index (χ1) is 10.3. The molecule has 2 aromatic carbocycles. The lowest BCUT2D eigenvalue weighted by Gasteiger charge is -2.06. The zero-order valence-electron chi connectivity index (χ0n) is 13.6. The number of hydrogen-bond acceptors (Lipinski definition) is 0. The molecule has 21 heavy (non-hydrogen) atoms. The van der Waals surface area contributed by atoms with E-state index in [1.165, 1.54) is 60.8 Å². The second-order valence-corrected chi connectivity index (χ2v) is 6.02. The zero-order chi connectivity index (χ0) is 14.9. The van der Waals surface area contributed by atoms with Crippen LogP contribution in [0.1, 0.15) is 61.8 Å². The van der Waals surface area contributed by atoms with Crippen LogP contribution in [-0.4, -0.2) is 0 Å². The SMILES string of the molecule is CCCCc1ccc(Cc2ccc(CCCC)cc2)cc1. The molecule has 2 aromatic rings. The third-order valence-electron chi connectivity index (χ3n) is 4.09. The predicted molar refractivity (Wildman–Crippen MR) is 92.9 cm³/mol. The monoisotopic (exact) mass is 280 g/mol. The van der Waals surface area contributed by atoms with Gasteiger partial charge < -0.3 is 0 Å². The Morgan fingerprint density at radius 1 is 0.524 bits per heavy atom. The minimum atomic E-state index is 1.04. The molecule has 112 valence electrons. The smallest absolute Gasteiger partial charge is 0.00258 e. The number of unbranched alkanes of at least 4 members (excludes halogenated alkanes) is 2. The molecule has 0 heteroatoms. The summed E-state index contributed by atoms with van der Waals surface area (Å²) in [6, 6.07) is 18.3. The van der Waals surface area contributed by atoms with Gasteiger partial charge in [-0.25, -0.2) is 0 Å². The maximum Gasteiger partial charge on any atom is -0.00258 e. The van der Waals surface area contributed by atoms with Crippen LogP contribution in [0, 0.1) is 0 Å². The van der Waals surface area contributed by atoms with Gasteiger partial charge in [-0.3, -0.25) is 0 Å². The first-order valence-corrected chi connectivity index (χ1v) is 8.47. The third kappa shape index (κ3) is 5.38. The van der Waals surface area contributed by atoms with Gasteiger partial charge in [0, 0.05) is 0 Å². The van der Waals surface area contributed by atoms with E-state index in [4.69, 9.17) is 0 Å². The molecule has 0 saturated heterocycles. The van der Waals surface area contributed by atoms with Crippen LogP contribution in [0.4, 0.5) is 0 Å². The molecule has 0 spiro atoms. The summed E-state index contributed by atoms with van der Waals surface area (Å²) in [5.74, 6) is 0. The van der Waals surface area contributed by atoms with E-state index in [-0.39, 0.29) is 0 Å². The summed E-state index contributed by atoms with van der Waals surface area (Å²) in [6.45, 7) is 4.50. The molecule has 2 rings (SSSR count). The van der Waals surface area contributed by atoms with Crippen molar-refractivity contribution in [2.24, 2.45) is 0 Å². The fourth-order valence-corrected chi connectivity index (χ4v) is 2.65. The first kappa shape index (κ1) is 15.8. The van der Waals surface area contributed by atoms with Crippen LogP contribution in [0.3, 0.4) is 0 Å². The molecule has 0 N–H and O–H groups in total. The lowest BCUT2D eigenvalue weighted by Crippen LogP contribution is -1.91. The Hall–Kier alpha value is -1.56. The van der Waals surface area contributed by atoms with Crippen LogP contribution in [0.5, 0.6) is 0 Å². The average Bonchev–Trinajstić information content (AvgIpc) is 2.53. The maximum atomic E-state index is 2.29. The van der Waals surface area contributed by atoms with E-state index in [0.717, 1.165) is 6.42 Å². The molecule has 0 aromatic heterocycles. The second-order valence-electron chi connectivity index (χ2n) is 6.02. The van der Waals surface area contributed by atoms with Crippen LogP contribution in [-0.2, 0) is 19.3 Å². The molecule has 0 fully saturated rings. The van der Waals surface area contributed by atoms with Crippen molar-refractivity contribution in [1.29, 1.82) is 0 Å². The molecular weight excluding hydrogens is 252 g/mol. The van der Waals surface area contributed by atoms with Gasteiger partial charge in [-0.1, -0.05) is 75.2 Å². The summed E-state index contributed by atoms with van der Waals surface area (Å²) in [5.41, 5.74) is 5.76. The summed E-state index contributed by atoms with van der Waals surface area (Å²) in [6.07, 6.45) is 8.59.